The first-order chi connectivity index (χ1) is 9.82. The van der Waals surface area contributed by atoms with Gasteiger partial charge in [-0.25, -0.2) is 8.42 Å². The standard InChI is InChI=1S/C13H14BrNO5S/c1-3-7-15(9-13(16)17)21(18,19)12-8-10(14)5-6-11(12)20-4-2/h1,5-6,8H,4,7,9H2,2H3,(H,16,17). The molecular formula is C13H14BrNO5S. The molecule has 0 atom stereocenters. The maximum atomic E-state index is 12.6. The van der Waals surface area contributed by atoms with E-state index in [1.54, 1.807) is 13.0 Å². The van der Waals surface area contributed by atoms with Crippen molar-refractivity contribution in [2.75, 3.05) is 19.7 Å². The van der Waals surface area contributed by atoms with E-state index in [-0.39, 0.29) is 23.8 Å². The van der Waals surface area contributed by atoms with Crippen LogP contribution < -0.4 is 4.74 Å². The maximum absolute atomic E-state index is 12.6. The van der Waals surface area contributed by atoms with Crippen LogP contribution in [0, 0.1) is 12.3 Å². The number of sulfonamides is 1. The van der Waals surface area contributed by atoms with Crippen LogP contribution in [0.2, 0.25) is 0 Å². The molecule has 0 heterocycles. The second-order valence-corrected chi connectivity index (χ2v) is 6.72. The number of nitrogens with zero attached hydrogens (tertiary/aromatic N) is 1. The SMILES string of the molecule is C#CCN(CC(=O)O)S(=O)(=O)c1cc(Br)ccc1OCC. The fourth-order valence-corrected chi connectivity index (χ4v) is 3.55. The first kappa shape index (κ1) is 17.5. The number of benzene rings is 1. The monoisotopic (exact) mass is 375 g/mol. The summed E-state index contributed by atoms with van der Waals surface area (Å²) in [5.41, 5.74) is 0. The number of hydrogen-bond donors (Lipinski definition) is 1. The van der Waals surface area contributed by atoms with Crippen LogP contribution >= 0.6 is 15.9 Å². The highest BCUT2D eigenvalue weighted by Crippen LogP contribution is 2.30. The van der Waals surface area contributed by atoms with Gasteiger partial charge in [0.2, 0.25) is 10.0 Å². The highest BCUT2D eigenvalue weighted by atomic mass is 79.9. The molecule has 0 unspecified atom stereocenters. The van der Waals surface area contributed by atoms with Crippen LogP contribution in [0.5, 0.6) is 5.75 Å². The fraction of sp³-hybridized carbons (Fsp3) is 0.308. The van der Waals surface area contributed by atoms with Gasteiger partial charge in [-0.05, 0) is 25.1 Å². The minimum Gasteiger partial charge on any atom is -0.492 e. The number of aliphatic carboxylic acids is 1. The number of halogens is 1. The lowest BCUT2D eigenvalue weighted by atomic mass is 10.3. The van der Waals surface area contributed by atoms with Crippen LogP contribution in [0.4, 0.5) is 0 Å². The van der Waals surface area contributed by atoms with Gasteiger partial charge in [-0.3, -0.25) is 4.79 Å². The molecule has 0 fully saturated rings. The zero-order valence-electron chi connectivity index (χ0n) is 11.2. The molecule has 1 rings (SSSR count). The lowest BCUT2D eigenvalue weighted by Gasteiger charge is -2.20. The number of carboxylic acids is 1. The van der Waals surface area contributed by atoms with Gasteiger partial charge in [-0.2, -0.15) is 4.31 Å². The molecule has 0 spiro atoms. The van der Waals surface area contributed by atoms with Gasteiger partial charge in [0.05, 0.1) is 13.2 Å². The van der Waals surface area contributed by atoms with Gasteiger partial charge in [0.25, 0.3) is 0 Å². The van der Waals surface area contributed by atoms with Gasteiger partial charge < -0.3 is 9.84 Å². The lowest BCUT2D eigenvalue weighted by Crippen LogP contribution is -2.36. The minimum atomic E-state index is -4.08. The molecule has 6 nitrogen and oxygen atoms in total. The van der Waals surface area contributed by atoms with Gasteiger partial charge >= 0.3 is 5.97 Å². The van der Waals surface area contributed by atoms with Crippen molar-refractivity contribution in [3.63, 3.8) is 0 Å². The van der Waals surface area contributed by atoms with E-state index in [4.69, 9.17) is 16.3 Å². The average molecular weight is 376 g/mol. The molecule has 0 aromatic heterocycles. The summed E-state index contributed by atoms with van der Waals surface area (Å²) < 4.78 is 31.7. The molecule has 1 aromatic rings. The van der Waals surface area contributed by atoms with Crippen molar-refractivity contribution in [2.24, 2.45) is 0 Å². The molecular weight excluding hydrogens is 362 g/mol. The molecule has 1 N–H and O–H groups in total. The van der Waals surface area contributed by atoms with Crippen molar-refractivity contribution in [3.8, 4) is 18.1 Å². The summed E-state index contributed by atoms with van der Waals surface area (Å²) in [6, 6.07) is 4.48. The Morgan fingerprint density at radius 1 is 1.52 bits per heavy atom. The van der Waals surface area contributed by atoms with Crippen LogP contribution in [0.3, 0.4) is 0 Å². The summed E-state index contributed by atoms with van der Waals surface area (Å²) in [6.45, 7) is 0.935. The Balaban J connectivity index is 3.36. The largest absolute Gasteiger partial charge is 0.492 e. The van der Waals surface area contributed by atoms with Crippen LogP contribution in [-0.4, -0.2) is 43.5 Å². The van der Waals surface area contributed by atoms with Crippen molar-refractivity contribution in [1.82, 2.24) is 4.31 Å². The molecule has 0 bridgehead atoms. The minimum absolute atomic E-state index is 0.129. The fourth-order valence-electron chi connectivity index (χ4n) is 1.58. The number of carbonyl (C=O) groups is 1. The molecule has 1 aromatic carbocycles. The molecule has 0 aliphatic rings. The van der Waals surface area contributed by atoms with Crippen LogP contribution in [0.15, 0.2) is 27.6 Å². The van der Waals surface area contributed by atoms with E-state index in [0.717, 1.165) is 0 Å². The molecule has 0 amide bonds. The molecule has 0 aliphatic carbocycles. The Morgan fingerprint density at radius 2 is 2.19 bits per heavy atom. The Labute approximate surface area is 131 Å². The lowest BCUT2D eigenvalue weighted by molar-refractivity contribution is -0.137. The van der Waals surface area contributed by atoms with Crippen molar-refractivity contribution in [2.45, 2.75) is 11.8 Å². The topological polar surface area (TPSA) is 83.9 Å². The third-order valence-electron chi connectivity index (χ3n) is 2.40. The van der Waals surface area contributed by atoms with Crippen molar-refractivity contribution < 1.29 is 23.1 Å². The number of carboxylic acid groups (broad SMARTS) is 1. The molecule has 114 valence electrons. The summed E-state index contributed by atoms with van der Waals surface area (Å²) in [4.78, 5) is 10.7. The molecule has 0 saturated carbocycles. The molecule has 8 heteroatoms. The van der Waals surface area contributed by atoms with Gasteiger partial charge in [0.1, 0.15) is 17.2 Å². The Hall–Kier alpha value is -1.56. The zero-order chi connectivity index (χ0) is 16.0. The third kappa shape index (κ3) is 4.46. The number of ether oxygens (including phenoxy) is 1. The van der Waals surface area contributed by atoms with Crippen LogP contribution in [0.25, 0.3) is 0 Å². The molecule has 21 heavy (non-hydrogen) atoms. The van der Waals surface area contributed by atoms with E-state index in [1.165, 1.54) is 12.1 Å². The molecule has 0 saturated heterocycles. The quantitative estimate of drug-likeness (QED) is 0.731. The Bertz CT molecular complexity index is 666. The number of hydrogen-bond acceptors (Lipinski definition) is 4. The predicted octanol–water partition coefficient (Wildman–Crippen LogP) is 1.56. The molecule has 0 aliphatic heterocycles. The van der Waals surface area contributed by atoms with E-state index in [2.05, 4.69) is 21.9 Å². The van der Waals surface area contributed by atoms with Crippen molar-refractivity contribution in [1.29, 1.82) is 0 Å². The van der Waals surface area contributed by atoms with E-state index in [0.29, 0.717) is 8.78 Å². The van der Waals surface area contributed by atoms with E-state index < -0.39 is 22.5 Å². The summed E-state index contributed by atoms with van der Waals surface area (Å²) >= 11 is 3.18. The predicted molar refractivity (Wildman–Crippen MR) is 80.5 cm³/mol. The number of rotatable bonds is 7. The van der Waals surface area contributed by atoms with Gasteiger partial charge in [-0.15, -0.1) is 6.42 Å². The summed E-state index contributed by atoms with van der Waals surface area (Å²) in [5, 5.41) is 8.83. The van der Waals surface area contributed by atoms with Crippen LogP contribution in [0.1, 0.15) is 6.92 Å². The maximum Gasteiger partial charge on any atom is 0.318 e. The van der Waals surface area contributed by atoms with E-state index in [9.17, 15) is 13.2 Å². The average Bonchev–Trinajstić information content (AvgIpc) is 2.40. The number of terminal acetylenes is 1. The highest BCUT2D eigenvalue weighted by Gasteiger charge is 2.29. The van der Waals surface area contributed by atoms with E-state index in [1.807, 2.05) is 0 Å². The first-order valence-corrected chi connectivity index (χ1v) is 8.14. The summed E-state index contributed by atoms with van der Waals surface area (Å²) in [5.74, 6) is 1.00. The van der Waals surface area contributed by atoms with Crippen LogP contribution in [-0.2, 0) is 14.8 Å². The van der Waals surface area contributed by atoms with Gasteiger partial charge in [0.15, 0.2) is 0 Å². The summed E-state index contributed by atoms with van der Waals surface area (Å²) in [6.07, 6.45) is 5.12. The summed E-state index contributed by atoms with van der Waals surface area (Å²) in [7, 11) is -4.08. The normalized spacial score (nSPS) is 11.1. The van der Waals surface area contributed by atoms with Crippen molar-refractivity contribution >= 4 is 31.9 Å². The molecule has 0 radical (unpaired) electrons. The van der Waals surface area contributed by atoms with E-state index >= 15 is 0 Å². The Morgan fingerprint density at radius 3 is 2.71 bits per heavy atom. The second-order valence-electron chi connectivity index (χ2n) is 3.90. The first-order valence-electron chi connectivity index (χ1n) is 5.90. The third-order valence-corrected chi connectivity index (χ3v) is 4.71. The van der Waals surface area contributed by atoms with Gasteiger partial charge in [-0.1, -0.05) is 21.9 Å². The smallest absolute Gasteiger partial charge is 0.318 e. The van der Waals surface area contributed by atoms with Gasteiger partial charge in [0, 0.05) is 4.47 Å². The Kier molecular flexibility index (Phi) is 6.20. The highest BCUT2D eigenvalue weighted by molar-refractivity contribution is 9.10. The van der Waals surface area contributed by atoms with Crippen molar-refractivity contribution in [3.05, 3.63) is 22.7 Å². The zero-order valence-corrected chi connectivity index (χ0v) is 13.6. The second kappa shape index (κ2) is 7.45.